The summed E-state index contributed by atoms with van der Waals surface area (Å²) in [4.78, 5) is 12.7. The second-order valence-corrected chi connectivity index (χ2v) is 4.73. The highest BCUT2D eigenvalue weighted by Gasteiger charge is 2.21. The minimum Gasteiger partial charge on any atom is -0.383 e. The Hall–Kier alpha value is -1.76. The largest absolute Gasteiger partial charge is 0.383 e. The number of carbonyl (C=O) groups excluding carboxylic acids is 1. The van der Waals surface area contributed by atoms with Crippen molar-refractivity contribution in [3.8, 4) is 0 Å². The second-order valence-electron chi connectivity index (χ2n) is 4.73. The number of methoxy groups -OCH3 is 1. The Morgan fingerprint density at radius 3 is 2.95 bits per heavy atom. The fraction of sp³-hybridized carbons (Fsp3) is 0.667. The fourth-order valence-electron chi connectivity index (χ4n) is 2.23. The molecule has 0 atom stereocenters. The van der Waals surface area contributed by atoms with E-state index in [4.69, 9.17) is 10.5 Å². The smallest absolute Gasteiger partial charge is 0.314 e. The maximum atomic E-state index is 11.0. The van der Waals surface area contributed by atoms with E-state index >= 15 is 0 Å². The number of rotatable bonds is 5. The van der Waals surface area contributed by atoms with Gasteiger partial charge in [-0.25, -0.2) is 4.79 Å². The lowest BCUT2D eigenvalue weighted by Crippen LogP contribution is -2.44. The fourth-order valence-corrected chi connectivity index (χ4v) is 2.23. The molecule has 1 aromatic rings. The highest BCUT2D eigenvalue weighted by Crippen LogP contribution is 2.15. The molecule has 0 aliphatic carbocycles. The van der Waals surface area contributed by atoms with Crippen LogP contribution in [0.3, 0.4) is 0 Å². The van der Waals surface area contributed by atoms with Crippen LogP contribution >= 0.6 is 0 Å². The average molecular weight is 267 g/mol. The molecule has 3 N–H and O–H groups in total. The molecule has 0 aromatic carbocycles. The topological polar surface area (TPSA) is 85.4 Å². The number of anilines is 1. The third-order valence-electron chi connectivity index (χ3n) is 3.34. The van der Waals surface area contributed by atoms with Crippen LogP contribution in [0.4, 0.5) is 10.5 Å². The van der Waals surface area contributed by atoms with E-state index in [0.29, 0.717) is 25.7 Å². The summed E-state index contributed by atoms with van der Waals surface area (Å²) in [5, 5.41) is 7.69. The maximum absolute atomic E-state index is 11.0. The van der Waals surface area contributed by atoms with Crippen LogP contribution < -0.4 is 11.1 Å². The summed E-state index contributed by atoms with van der Waals surface area (Å²) in [6.07, 6.45) is 5.61. The molecule has 19 heavy (non-hydrogen) atoms. The number of nitrogens with two attached hydrogens (primary N) is 1. The number of hydrogen-bond acceptors (Lipinski definition) is 4. The van der Waals surface area contributed by atoms with E-state index < -0.39 is 0 Å². The zero-order chi connectivity index (χ0) is 13.7. The highest BCUT2D eigenvalue weighted by atomic mass is 16.5. The van der Waals surface area contributed by atoms with Gasteiger partial charge >= 0.3 is 6.03 Å². The van der Waals surface area contributed by atoms with E-state index in [1.54, 1.807) is 12.0 Å². The Kier molecular flexibility index (Phi) is 4.62. The van der Waals surface area contributed by atoms with Crippen molar-refractivity contribution in [3.63, 3.8) is 0 Å². The van der Waals surface area contributed by atoms with Crippen LogP contribution in [0.5, 0.6) is 0 Å². The van der Waals surface area contributed by atoms with Gasteiger partial charge in [-0.2, -0.15) is 5.10 Å². The van der Waals surface area contributed by atoms with Gasteiger partial charge in [0.1, 0.15) is 0 Å². The van der Waals surface area contributed by atoms with Crippen molar-refractivity contribution in [2.45, 2.75) is 25.4 Å². The lowest BCUT2D eigenvalue weighted by atomic mass is 10.1. The predicted octanol–water partition coefficient (Wildman–Crippen LogP) is 0.485. The summed E-state index contributed by atoms with van der Waals surface area (Å²) in [7, 11) is 1.68. The van der Waals surface area contributed by atoms with Gasteiger partial charge in [0.15, 0.2) is 0 Å². The molecule has 2 amide bonds. The molecular weight excluding hydrogens is 246 g/mol. The lowest BCUT2D eigenvalue weighted by molar-refractivity contribution is 0.183. The van der Waals surface area contributed by atoms with Crippen LogP contribution in [0, 0.1) is 0 Å². The predicted molar refractivity (Wildman–Crippen MR) is 71.9 cm³/mol. The summed E-state index contributed by atoms with van der Waals surface area (Å²) in [6.45, 7) is 2.83. The molecule has 0 saturated carbocycles. The van der Waals surface area contributed by atoms with Crippen molar-refractivity contribution in [3.05, 3.63) is 12.4 Å². The number of likely N-dealkylation sites (tertiary alicyclic amines) is 1. The number of urea groups is 1. The molecule has 106 valence electrons. The first kappa shape index (κ1) is 13.7. The van der Waals surface area contributed by atoms with Crippen molar-refractivity contribution in [1.82, 2.24) is 14.7 Å². The number of primary amides is 1. The van der Waals surface area contributed by atoms with Gasteiger partial charge in [0.2, 0.25) is 0 Å². The molecule has 7 nitrogen and oxygen atoms in total. The molecule has 0 radical (unpaired) electrons. The van der Waals surface area contributed by atoms with Gasteiger partial charge in [0.25, 0.3) is 0 Å². The molecule has 1 aromatic heterocycles. The minimum absolute atomic E-state index is 0.328. The number of piperidine rings is 1. The number of ether oxygens (including phenoxy) is 1. The van der Waals surface area contributed by atoms with Crippen LogP contribution in [0.2, 0.25) is 0 Å². The number of nitrogens with zero attached hydrogens (tertiary/aromatic N) is 3. The Labute approximate surface area is 112 Å². The van der Waals surface area contributed by atoms with Crippen LogP contribution in [0.25, 0.3) is 0 Å². The normalized spacial score (nSPS) is 16.6. The molecule has 1 aliphatic rings. The van der Waals surface area contributed by atoms with Gasteiger partial charge in [0.05, 0.1) is 25.0 Å². The first-order valence-corrected chi connectivity index (χ1v) is 6.51. The van der Waals surface area contributed by atoms with E-state index in [-0.39, 0.29) is 6.03 Å². The molecule has 1 saturated heterocycles. The van der Waals surface area contributed by atoms with Crippen LogP contribution in [-0.4, -0.2) is 53.6 Å². The van der Waals surface area contributed by atoms with Gasteiger partial charge in [0, 0.05) is 32.4 Å². The molecule has 1 fully saturated rings. The number of carbonyl (C=O) groups is 1. The molecule has 7 heteroatoms. The van der Waals surface area contributed by atoms with Crippen molar-refractivity contribution in [2.24, 2.45) is 5.73 Å². The van der Waals surface area contributed by atoms with Gasteiger partial charge in [-0.05, 0) is 12.8 Å². The van der Waals surface area contributed by atoms with Gasteiger partial charge < -0.3 is 20.7 Å². The molecule has 1 aliphatic heterocycles. The monoisotopic (exact) mass is 267 g/mol. The molecule has 0 spiro atoms. The second kappa shape index (κ2) is 6.42. The van der Waals surface area contributed by atoms with Crippen molar-refractivity contribution >= 4 is 11.7 Å². The number of amides is 2. The highest BCUT2D eigenvalue weighted by molar-refractivity contribution is 5.72. The maximum Gasteiger partial charge on any atom is 0.314 e. The van der Waals surface area contributed by atoms with Crippen molar-refractivity contribution in [1.29, 1.82) is 0 Å². The van der Waals surface area contributed by atoms with E-state index in [1.165, 1.54) is 0 Å². The Morgan fingerprint density at radius 2 is 2.32 bits per heavy atom. The van der Waals surface area contributed by atoms with Crippen LogP contribution in [0.1, 0.15) is 12.8 Å². The SMILES string of the molecule is COCCn1cc(NC2CCN(C(N)=O)CC2)cn1. The third-order valence-corrected chi connectivity index (χ3v) is 3.34. The summed E-state index contributed by atoms with van der Waals surface area (Å²) in [5.74, 6) is 0. The average Bonchev–Trinajstić information content (AvgIpc) is 2.84. The Balaban J connectivity index is 1.79. The van der Waals surface area contributed by atoms with Gasteiger partial charge in [-0.15, -0.1) is 0 Å². The molecule has 0 unspecified atom stereocenters. The molecule has 2 heterocycles. The quantitative estimate of drug-likeness (QED) is 0.812. The lowest BCUT2D eigenvalue weighted by Gasteiger charge is -2.31. The summed E-state index contributed by atoms with van der Waals surface area (Å²) in [5.41, 5.74) is 6.26. The van der Waals surface area contributed by atoms with E-state index in [9.17, 15) is 4.79 Å². The zero-order valence-corrected chi connectivity index (χ0v) is 11.2. The summed E-state index contributed by atoms with van der Waals surface area (Å²) >= 11 is 0. The zero-order valence-electron chi connectivity index (χ0n) is 11.2. The standard InChI is InChI=1S/C12H21N5O2/c1-19-7-6-17-9-11(8-14-17)15-10-2-4-16(5-3-10)12(13)18/h8-10,15H,2-7H2,1H3,(H2,13,18). The van der Waals surface area contributed by atoms with Gasteiger partial charge in [-0.3, -0.25) is 4.68 Å². The number of nitrogens with one attached hydrogen (secondary N) is 1. The summed E-state index contributed by atoms with van der Waals surface area (Å²) in [6, 6.07) is 0.0431. The number of aromatic nitrogens is 2. The van der Waals surface area contributed by atoms with E-state index in [0.717, 1.165) is 25.1 Å². The van der Waals surface area contributed by atoms with E-state index in [1.807, 2.05) is 17.1 Å². The molecule has 2 rings (SSSR count). The van der Waals surface area contributed by atoms with Crippen LogP contribution in [0.15, 0.2) is 12.4 Å². The van der Waals surface area contributed by atoms with Crippen molar-refractivity contribution in [2.75, 3.05) is 32.1 Å². The molecule has 0 bridgehead atoms. The first-order valence-electron chi connectivity index (χ1n) is 6.51. The molecular formula is C12H21N5O2. The third kappa shape index (κ3) is 3.85. The summed E-state index contributed by atoms with van der Waals surface area (Å²) < 4.78 is 6.86. The van der Waals surface area contributed by atoms with E-state index in [2.05, 4.69) is 10.4 Å². The minimum atomic E-state index is -0.328. The van der Waals surface area contributed by atoms with Crippen molar-refractivity contribution < 1.29 is 9.53 Å². The Morgan fingerprint density at radius 1 is 1.58 bits per heavy atom. The van der Waals surface area contributed by atoms with Gasteiger partial charge in [-0.1, -0.05) is 0 Å². The first-order chi connectivity index (χ1) is 9.19. The van der Waals surface area contributed by atoms with Crippen LogP contribution in [-0.2, 0) is 11.3 Å². The Bertz CT molecular complexity index is 412. The number of hydrogen-bond donors (Lipinski definition) is 2.